The third-order valence-electron chi connectivity index (χ3n) is 3.36. The van der Waals surface area contributed by atoms with Crippen LogP contribution in [0.1, 0.15) is 24.8 Å². The van der Waals surface area contributed by atoms with Crippen LogP contribution in [0.3, 0.4) is 0 Å². The van der Waals surface area contributed by atoms with Gasteiger partial charge >= 0.3 is 0 Å². The Labute approximate surface area is 101 Å². The first-order valence-electron chi connectivity index (χ1n) is 6.11. The van der Waals surface area contributed by atoms with Gasteiger partial charge in [-0.2, -0.15) is 0 Å². The van der Waals surface area contributed by atoms with Gasteiger partial charge in [-0.1, -0.05) is 18.2 Å². The second-order valence-corrected chi connectivity index (χ2v) is 4.84. The van der Waals surface area contributed by atoms with Crippen molar-refractivity contribution in [3.8, 4) is 0 Å². The minimum atomic E-state index is -0.169. The maximum absolute atomic E-state index is 13.4. The lowest BCUT2D eigenvalue weighted by Crippen LogP contribution is -2.27. The molecule has 0 heterocycles. The van der Waals surface area contributed by atoms with Gasteiger partial charge in [-0.05, 0) is 26.0 Å². The number of rotatable bonds is 4. The van der Waals surface area contributed by atoms with E-state index in [4.69, 9.17) is 0 Å². The van der Waals surface area contributed by atoms with Crippen molar-refractivity contribution in [3.63, 3.8) is 0 Å². The van der Waals surface area contributed by atoms with Crippen molar-refractivity contribution in [1.82, 2.24) is 4.90 Å². The fraction of sp³-hybridized carbons (Fsp3) is 0.500. The molecular weight excluding hydrogens is 217 g/mol. The Bertz CT molecular complexity index is 405. The molecule has 0 bridgehead atoms. The molecule has 0 radical (unpaired) electrons. The summed E-state index contributed by atoms with van der Waals surface area (Å²) in [5.74, 6) is 0.356. The van der Waals surface area contributed by atoms with E-state index in [1.54, 1.807) is 12.1 Å². The van der Waals surface area contributed by atoms with Crippen LogP contribution in [0.5, 0.6) is 0 Å². The van der Waals surface area contributed by atoms with Crippen LogP contribution >= 0.6 is 0 Å². The van der Waals surface area contributed by atoms with Gasteiger partial charge in [0, 0.05) is 31.0 Å². The lowest BCUT2D eigenvalue weighted by molar-refractivity contribution is -0.121. The lowest BCUT2D eigenvalue weighted by Gasteiger charge is -2.20. The van der Waals surface area contributed by atoms with Crippen molar-refractivity contribution in [2.75, 3.05) is 13.6 Å². The summed E-state index contributed by atoms with van der Waals surface area (Å²) in [5.41, 5.74) is 0.695. The van der Waals surface area contributed by atoms with Crippen LogP contribution in [0.15, 0.2) is 24.3 Å². The van der Waals surface area contributed by atoms with Crippen molar-refractivity contribution in [2.45, 2.75) is 25.8 Å². The summed E-state index contributed by atoms with van der Waals surface area (Å²) in [6.45, 7) is 1.31. The van der Waals surface area contributed by atoms with Gasteiger partial charge in [0.15, 0.2) is 0 Å². The summed E-state index contributed by atoms with van der Waals surface area (Å²) < 4.78 is 13.4. The Kier molecular flexibility index (Phi) is 3.89. The van der Waals surface area contributed by atoms with E-state index in [1.165, 1.54) is 6.07 Å². The summed E-state index contributed by atoms with van der Waals surface area (Å²) in [6, 6.07) is 6.80. The summed E-state index contributed by atoms with van der Waals surface area (Å²) in [5, 5.41) is 0. The van der Waals surface area contributed by atoms with E-state index in [0.29, 0.717) is 17.9 Å². The fourth-order valence-electron chi connectivity index (χ4n) is 2.44. The molecule has 1 fully saturated rings. The van der Waals surface area contributed by atoms with Crippen LogP contribution in [0, 0.1) is 11.7 Å². The van der Waals surface area contributed by atoms with Crippen LogP contribution in [-0.2, 0) is 11.3 Å². The Morgan fingerprint density at radius 3 is 2.82 bits per heavy atom. The third kappa shape index (κ3) is 3.13. The highest BCUT2D eigenvalue weighted by Gasteiger charge is 2.25. The molecule has 1 atom stereocenters. The standard InChI is InChI=1S/C14H18FNO/c1-16(10-12-6-4-8-14(12)17)9-11-5-2-3-7-13(11)15/h2-3,5,7,12H,4,6,8-10H2,1H3. The number of benzene rings is 1. The topological polar surface area (TPSA) is 20.3 Å². The van der Waals surface area contributed by atoms with E-state index in [2.05, 4.69) is 0 Å². The highest BCUT2D eigenvalue weighted by molar-refractivity contribution is 5.83. The average molecular weight is 235 g/mol. The zero-order valence-corrected chi connectivity index (χ0v) is 10.2. The monoisotopic (exact) mass is 235 g/mol. The van der Waals surface area contributed by atoms with Crippen LogP contribution in [-0.4, -0.2) is 24.3 Å². The largest absolute Gasteiger partial charge is 0.301 e. The number of ketones is 1. The minimum Gasteiger partial charge on any atom is -0.301 e. The molecule has 0 N–H and O–H groups in total. The quantitative estimate of drug-likeness (QED) is 0.799. The second-order valence-electron chi connectivity index (χ2n) is 4.84. The molecule has 2 rings (SSSR count). The number of carbonyl (C=O) groups excluding carboxylic acids is 1. The molecule has 0 amide bonds. The van der Waals surface area contributed by atoms with Gasteiger partial charge in [0.25, 0.3) is 0 Å². The Morgan fingerprint density at radius 2 is 2.18 bits per heavy atom. The van der Waals surface area contributed by atoms with E-state index in [9.17, 15) is 9.18 Å². The normalized spacial score (nSPS) is 20.2. The van der Waals surface area contributed by atoms with Crippen molar-refractivity contribution in [3.05, 3.63) is 35.6 Å². The van der Waals surface area contributed by atoms with Crippen LogP contribution in [0.25, 0.3) is 0 Å². The maximum Gasteiger partial charge on any atom is 0.137 e. The number of halogens is 1. The van der Waals surface area contributed by atoms with Gasteiger partial charge in [0.2, 0.25) is 0 Å². The van der Waals surface area contributed by atoms with E-state index < -0.39 is 0 Å². The number of hydrogen-bond acceptors (Lipinski definition) is 2. The van der Waals surface area contributed by atoms with E-state index in [1.807, 2.05) is 18.0 Å². The van der Waals surface area contributed by atoms with Crippen LogP contribution in [0.2, 0.25) is 0 Å². The number of carbonyl (C=O) groups is 1. The molecule has 92 valence electrons. The van der Waals surface area contributed by atoms with Gasteiger partial charge in [0.1, 0.15) is 11.6 Å². The van der Waals surface area contributed by atoms with E-state index >= 15 is 0 Å². The van der Waals surface area contributed by atoms with Crippen LogP contribution < -0.4 is 0 Å². The molecular formula is C14H18FNO. The number of nitrogens with zero attached hydrogens (tertiary/aromatic N) is 1. The summed E-state index contributed by atoms with van der Waals surface area (Å²) in [4.78, 5) is 13.6. The molecule has 1 aliphatic rings. The summed E-state index contributed by atoms with van der Waals surface area (Å²) >= 11 is 0. The highest BCUT2D eigenvalue weighted by atomic mass is 19.1. The fourth-order valence-corrected chi connectivity index (χ4v) is 2.44. The van der Waals surface area contributed by atoms with E-state index in [0.717, 1.165) is 25.8 Å². The molecule has 1 unspecified atom stereocenters. The zero-order chi connectivity index (χ0) is 12.3. The lowest BCUT2D eigenvalue weighted by atomic mass is 10.1. The third-order valence-corrected chi connectivity index (χ3v) is 3.36. The minimum absolute atomic E-state index is 0.159. The molecule has 0 spiro atoms. The Hall–Kier alpha value is -1.22. The first kappa shape index (κ1) is 12.2. The Balaban J connectivity index is 1.91. The van der Waals surface area contributed by atoms with Gasteiger partial charge in [0.05, 0.1) is 0 Å². The number of Topliss-reactive ketones (excluding diaryl/α,β-unsaturated/α-hetero) is 1. The zero-order valence-electron chi connectivity index (χ0n) is 10.2. The Morgan fingerprint density at radius 1 is 1.41 bits per heavy atom. The molecule has 1 saturated carbocycles. The number of hydrogen-bond donors (Lipinski definition) is 0. The van der Waals surface area contributed by atoms with Crippen LogP contribution in [0.4, 0.5) is 4.39 Å². The molecule has 3 heteroatoms. The average Bonchev–Trinajstić information content (AvgIpc) is 2.68. The predicted octanol–water partition coefficient (Wildman–Crippen LogP) is 2.63. The first-order chi connectivity index (χ1) is 8.16. The summed E-state index contributed by atoms with van der Waals surface area (Å²) in [7, 11) is 1.94. The van der Waals surface area contributed by atoms with Crippen molar-refractivity contribution in [1.29, 1.82) is 0 Å². The molecule has 2 nitrogen and oxygen atoms in total. The SMILES string of the molecule is CN(Cc1ccccc1F)CC1CCCC1=O. The highest BCUT2D eigenvalue weighted by Crippen LogP contribution is 2.22. The molecule has 0 aliphatic heterocycles. The molecule has 17 heavy (non-hydrogen) atoms. The maximum atomic E-state index is 13.4. The smallest absolute Gasteiger partial charge is 0.137 e. The van der Waals surface area contributed by atoms with Gasteiger partial charge < -0.3 is 4.90 Å². The van der Waals surface area contributed by atoms with Crippen molar-refractivity contribution in [2.24, 2.45) is 5.92 Å². The molecule has 1 aromatic carbocycles. The molecule has 1 aliphatic carbocycles. The molecule has 0 saturated heterocycles. The summed E-state index contributed by atoms with van der Waals surface area (Å²) in [6.07, 6.45) is 2.72. The van der Waals surface area contributed by atoms with Gasteiger partial charge in [-0.3, -0.25) is 4.79 Å². The predicted molar refractivity (Wildman–Crippen MR) is 65.1 cm³/mol. The molecule has 0 aromatic heterocycles. The second kappa shape index (κ2) is 5.41. The van der Waals surface area contributed by atoms with Gasteiger partial charge in [-0.15, -0.1) is 0 Å². The van der Waals surface area contributed by atoms with Crippen molar-refractivity contribution < 1.29 is 9.18 Å². The van der Waals surface area contributed by atoms with Crippen molar-refractivity contribution >= 4 is 5.78 Å². The first-order valence-corrected chi connectivity index (χ1v) is 6.11. The van der Waals surface area contributed by atoms with E-state index in [-0.39, 0.29) is 11.7 Å². The molecule has 1 aromatic rings. The van der Waals surface area contributed by atoms with Gasteiger partial charge in [-0.25, -0.2) is 4.39 Å².